The number of fused-ring (bicyclic) bond motifs is 1. The number of nitro benzene ring substituents is 1. The van der Waals surface area contributed by atoms with Crippen molar-refractivity contribution in [2.75, 3.05) is 5.32 Å². The molecule has 0 radical (unpaired) electrons. The van der Waals surface area contributed by atoms with Crippen LogP contribution in [0.15, 0.2) is 59.0 Å². The average Bonchev–Trinajstić information content (AvgIpc) is 3.17. The van der Waals surface area contributed by atoms with E-state index in [-0.39, 0.29) is 17.8 Å². The van der Waals surface area contributed by atoms with Crippen molar-refractivity contribution in [3.8, 4) is 11.1 Å². The monoisotopic (exact) mass is 454 g/mol. The molecule has 2 heterocycles. The second-order valence-electron chi connectivity index (χ2n) is 6.82. The first-order chi connectivity index (χ1) is 14.8. The van der Waals surface area contributed by atoms with Crippen LogP contribution in [0.3, 0.4) is 0 Å². The third kappa shape index (κ3) is 4.18. The molecule has 1 N–H and O–H groups in total. The number of nitrogens with one attached hydrogen (secondary N) is 1. The third-order valence-electron chi connectivity index (χ3n) is 4.74. The molecule has 2 aromatic heterocycles. The minimum atomic E-state index is -0.535. The molecule has 0 aliphatic rings. The van der Waals surface area contributed by atoms with Gasteiger partial charge in [0.2, 0.25) is 5.91 Å². The number of carbonyl (C=O) groups is 1. The van der Waals surface area contributed by atoms with Gasteiger partial charge in [0, 0.05) is 28.1 Å². The zero-order valence-corrected chi connectivity index (χ0v) is 17.7. The Labute approximate surface area is 184 Å². The normalized spacial score (nSPS) is 10.9. The Morgan fingerprint density at radius 1 is 1.26 bits per heavy atom. The lowest BCUT2D eigenvalue weighted by molar-refractivity contribution is -0.384. The Morgan fingerprint density at radius 3 is 2.71 bits per heavy atom. The van der Waals surface area contributed by atoms with Crippen molar-refractivity contribution in [1.82, 2.24) is 9.55 Å². The van der Waals surface area contributed by atoms with Gasteiger partial charge in [-0.25, -0.2) is 4.98 Å². The molecule has 2 aromatic carbocycles. The van der Waals surface area contributed by atoms with Gasteiger partial charge in [-0.3, -0.25) is 24.3 Å². The molecule has 0 aliphatic carbocycles. The molecule has 0 unspecified atom stereocenters. The standard InChI is InChI=1S/C21H15ClN4O4S/c1-12-2-7-15(26(29)30)8-17(12)24-18(27)9-25-11-23-20-19(21(25)28)16(10-31-20)13-3-5-14(22)6-4-13/h2-8,10-11H,9H2,1H3,(H,24,27). The van der Waals surface area contributed by atoms with Gasteiger partial charge in [0.1, 0.15) is 11.4 Å². The minimum Gasteiger partial charge on any atom is -0.324 e. The molecule has 4 aromatic rings. The van der Waals surface area contributed by atoms with Gasteiger partial charge in [-0.15, -0.1) is 11.3 Å². The summed E-state index contributed by atoms with van der Waals surface area (Å²) in [4.78, 5) is 41.0. The number of hydrogen-bond acceptors (Lipinski definition) is 6. The number of aromatic nitrogens is 2. The molecule has 156 valence electrons. The van der Waals surface area contributed by atoms with Gasteiger partial charge in [0.25, 0.3) is 11.2 Å². The summed E-state index contributed by atoms with van der Waals surface area (Å²) in [7, 11) is 0. The number of anilines is 1. The SMILES string of the molecule is Cc1ccc([N+](=O)[O-])cc1NC(=O)Cn1cnc2scc(-c3ccc(Cl)cc3)c2c1=O. The predicted octanol–water partition coefficient (Wildman–Crippen LogP) is 4.63. The van der Waals surface area contributed by atoms with Crippen LogP contribution in [-0.2, 0) is 11.3 Å². The van der Waals surface area contributed by atoms with Crippen molar-refractivity contribution < 1.29 is 9.72 Å². The van der Waals surface area contributed by atoms with Crippen LogP contribution in [0, 0.1) is 17.0 Å². The van der Waals surface area contributed by atoms with Crippen molar-refractivity contribution in [2.24, 2.45) is 0 Å². The molecule has 0 atom stereocenters. The first-order valence-corrected chi connectivity index (χ1v) is 10.4. The number of aryl methyl sites for hydroxylation is 1. The lowest BCUT2D eigenvalue weighted by atomic mass is 10.1. The van der Waals surface area contributed by atoms with Crippen LogP contribution in [0.2, 0.25) is 5.02 Å². The van der Waals surface area contributed by atoms with Crippen molar-refractivity contribution in [2.45, 2.75) is 13.5 Å². The van der Waals surface area contributed by atoms with E-state index in [4.69, 9.17) is 11.6 Å². The zero-order chi connectivity index (χ0) is 22.1. The molecule has 31 heavy (non-hydrogen) atoms. The largest absolute Gasteiger partial charge is 0.324 e. The van der Waals surface area contributed by atoms with E-state index in [9.17, 15) is 19.7 Å². The van der Waals surface area contributed by atoms with Crippen LogP contribution in [0.1, 0.15) is 5.56 Å². The van der Waals surface area contributed by atoms with Crippen molar-refractivity contribution >= 4 is 50.4 Å². The summed E-state index contributed by atoms with van der Waals surface area (Å²) in [5.74, 6) is -0.491. The Bertz CT molecular complexity index is 1380. The smallest absolute Gasteiger partial charge is 0.271 e. The van der Waals surface area contributed by atoms with Gasteiger partial charge in [-0.05, 0) is 30.2 Å². The number of rotatable bonds is 5. The Morgan fingerprint density at radius 2 is 2.00 bits per heavy atom. The first kappa shape index (κ1) is 20.7. The van der Waals surface area contributed by atoms with Crippen molar-refractivity contribution in [3.63, 3.8) is 0 Å². The van der Waals surface area contributed by atoms with E-state index in [2.05, 4.69) is 10.3 Å². The van der Waals surface area contributed by atoms with Gasteiger partial charge in [0.05, 0.1) is 22.3 Å². The highest BCUT2D eigenvalue weighted by Gasteiger charge is 2.16. The molecule has 0 bridgehead atoms. The Balaban J connectivity index is 1.64. The summed E-state index contributed by atoms with van der Waals surface area (Å²) >= 11 is 7.29. The molecule has 1 amide bonds. The van der Waals surface area contributed by atoms with Crippen LogP contribution in [0.25, 0.3) is 21.3 Å². The summed E-state index contributed by atoms with van der Waals surface area (Å²) in [5.41, 5.74) is 2.05. The number of hydrogen-bond donors (Lipinski definition) is 1. The highest BCUT2D eigenvalue weighted by Crippen LogP contribution is 2.31. The topological polar surface area (TPSA) is 107 Å². The van der Waals surface area contributed by atoms with Gasteiger partial charge in [0.15, 0.2) is 0 Å². The second-order valence-corrected chi connectivity index (χ2v) is 8.11. The van der Waals surface area contributed by atoms with Crippen LogP contribution in [0.4, 0.5) is 11.4 Å². The molecule has 0 spiro atoms. The highest BCUT2D eigenvalue weighted by atomic mass is 35.5. The van der Waals surface area contributed by atoms with Crippen molar-refractivity contribution in [1.29, 1.82) is 0 Å². The van der Waals surface area contributed by atoms with Crippen LogP contribution < -0.4 is 10.9 Å². The molecule has 0 saturated carbocycles. The van der Waals surface area contributed by atoms with Gasteiger partial charge < -0.3 is 5.32 Å². The summed E-state index contributed by atoms with van der Waals surface area (Å²) in [6.45, 7) is 1.45. The molecule has 0 saturated heterocycles. The molecule has 10 heteroatoms. The number of amides is 1. The van der Waals surface area contributed by atoms with Crippen molar-refractivity contribution in [3.05, 3.63) is 85.2 Å². The van der Waals surface area contributed by atoms with Crippen LogP contribution in [-0.4, -0.2) is 20.4 Å². The fraction of sp³-hybridized carbons (Fsp3) is 0.0952. The Kier molecular flexibility index (Phi) is 5.53. The lowest BCUT2D eigenvalue weighted by Crippen LogP contribution is -2.28. The number of nitro groups is 1. The van der Waals surface area contributed by atoms with E-state index in [0.717, 1.165) is 11.1 Å². The van der Waals surface area contributed by atoms with E-state index >= 15 is 0 Å². The molecular formula is C21H15ClN4O4S. The van der Waals surface area contributed by atoms with E-state index in [1.165, 1.54) is 34.4 Å². The summed E-state index contributed by atoms with van der Waals surface area (Å²) in [6, 6.07) is 11.3. The van der Waals surface area contributed by atoms with E-state index < -0.39 is 10.8 Å². The van der Waals surface area contributed by atoms with Gasteiger partial charge in [-0.2, -0.15) is 0 Å². The van der Waals surface area contributed by atoms with E-state index in [1.807, 2.05) is 17.5 Å². The van der Waals surface area contributed by atoms with Crippen LogP contribution >= 0.6 is 22.9 Å². The molecule has 8 nitrogen and oxygen atoms in total. The maximum atomic E-state index is 13.1. The maximum Gasteiger partial charge on any atom is 0.271 e. The summed E-state index contributed by atoms with van der Waals surface area (Å²) in [6.07, 6.45) is 1.33. The molecule has 0 fully saturated rings. The zero-order valence-electron chi connectivity index (χ0n) is 16.2. The third-order valence-corrected chi connectivity index (χ3v) is 5.87. The molecule has 4 rings (SSSR count). The van der Waals surface area contributed by atoms with Gasteiger partial charge >= 0.3 is 0 Å². The molecule has 0 aliphatic heterocycles. The Hall–Kier alpha value is -3.56. The fourth-order valence-electron chi connectivity index (χ4n) is 3.12. The summed E-state index contributed by atoms with van der Waals surface area (Å²) < 4.78 is 1.22. The fourth-order valence-corrected chi connectivity index (χ4v) is 4.16. The minimum absolute atomic E-state index is 0.132. The number of nitrogens with zero attached hydrogens (tertiary/aromatic N) is 3. The predicted molar refractivity (Wildman–Crippen MR) is 121 cm³/mol. The van der Waals surface area contributed by atoms with E-state index in [0.29, 0.717) is 26.5 Å². The van der Waals surface area contributed by atoms with E-state index in [1.54, 1.807) is 25.1 Å². The highest BCUT2D eigenvalue weighted by molar-refractivity contribution is 7.17. The molecular weight excluding hydrogens is 440 g/mol. The van der Waals surface area contributed by atoms with Gasteiger partial charge in [-0.1, -0.05) is 29.8 Å². The number of thiophene rings is 1. The first-order valence-electron chi connectivity index (χ1n) is 9.11. The lowest BCUT2D eigenvalue weighted by Gasteiger charge is -2.10. The number of carbonyl (C=O) groups excluding carboxylic acids is 1. The van der Waals surface area contributed by atoms with Crippen LogP contribution in [0.5, 0.6) is 0 Å². The maximum absolute atomic E-state index is 13.1. The number of halogens is 1. The quantitative estimate of drug-likeness (QED) is 0.349. The number of non-ortho nitro benzene ring substituents is 1. The second kappa shape index (κ2) is 8.29. The number of benzene rings is 2. The average molecular weight is 455 g/mol. The summed E-state index contributed by atoms with van der Waals surface area (Å²) in [5, 5.41) is 16.5.